The summed E-state index contributed by atoms with van der Waals surface area (Å²) >= 11 is 0. The van der Waals surface area contributed by atoms with Gasteiger partial charge in [0.25, 0.3) is 5.91 Å². The van der Waals surface area contributed by atoms with Crippen molar-refractivity contribution < 1.29 is 4.79 Å². The summed E-state index contributed by atoms with van der Waals surface area (Å²) in [5.74, 6) is 0.128. The first kappa shape index (κ1) is 13.4. The van der Waals surface area contributed by atoms with Crippen LogP contribution in [-0.2, 0) is 12.8 Å². The number of aryl methyl sites for hydroxylation is 2. The minimum Gasteiger partial charge on any atom is -0.330 e. The van der Waals surface area contributed by atoms with E-state index in [-0.39, 0.29) is 11.9 Å². The molecule has 0 spiro atoms. The van der Waals surface area contributed by atoms with Gasteiger partial charge in [-0.3, -0.25) is 14.8 Å². The molecule has 4 rings (SSSR count). The molecule has 1 saturated heterocycles. The van der Waals surface area contributed by atoms with Crippen molar-refractivity contribution in [2.45, 2.75) is 38.1 Å². The molecule has 112 valence electrons. The quantitative estimate of drug-likeness (QED) is 0.855. The molecule has 1 atom stereocenters. The van der Waals surface area contributed by atoms with Crippen molar-refractivity contribution in [2.24, 2.45) is 0 Å². The summed E-state index contributed by atoms with van der Waals surface area (Å²) in [5.41, 5.74) is 4.47. The molecule has 4 heteroatoms. The lowest BCUT2D eigenvalue weighted by Gasteiger charge is -2.24. The van der Waals surface area contributed by atoms with E-state index in [0.717, 1.165) is 43.5 Å². The molecule has 0 N–H and O–H groups in total. The zero-order valence-corrected chi connectivity index (χ0v) is 12.5. The summed E-state index contributed by atoms with van der Waals surface area (Å²) in [6.07, 6.45) is 10.6. The lowest BCUT2D eigenvalue weighted by atomic mass is 10.0. The largest absolute Gasteiger partial charge is 0.330 e. The van der Waals surface area contributed by atoms with Crippen LogP contribution in [0.5, 0.6) is 0 Å². The lowest BCUT2D eigenvalue weighted by Crippen LogP contribution is -2.31. The lowest BCUT2D eigenvalue weighted by molar-refractivity contribution is 0.0732. The molecule has 2 aromatic rings. The van der Waals surface area contributed by atoms with E-state index in [2.05, 4.69) is 22.1 Å². The molecule has 0 radical (unpaired) electrons. The van der Waals surface area contributed by atoms with Crippen LogP contribution in [0, 0.1) is 0 Å². The van der Waals surface area contributed by atoms with Gasteiger partial charge in [0.2, 0.25) is 0 Å². The van der Waals surface area contributed by atoms with Gasteiger partial charge in [-0.1, -0.05) is 6.07 Å². The number of rotatable bonds is 2. The van der Waals surface area contributed by atoms with E-state index in [0.29, 0.717) is 0 Å². The van der Waals surface area contributed by atoms with Gasteiger partial charge < -0.3 is 4.90 Å². The maximum absolute atomic E-state index is 12.9. The number of fused-ring (bicyclic) bond motifs is 1. The second-order valence-corrected chi connectivity index (χ2v) is 6.12. The number of carbonyl (C=O) groups is 1. The van der Waals surface area contributed by atoms with E-state index >= 15 is 0 Å². The Hall–Kier alpha value is -2.23. The first-order valence-electron chi connectivity index (χ1n) is 8.01. The van der Waals surface area contributed by atoms with Gasteiger partial charge in [-0.05, 0) is 55.4 Å². The highest BCUT2D eigenvalue weighted by Crippen LogP contribution is 2.32. The van der Waals surface area contributed by atoms with Crippen molar-refractivity contribution in [2.75, 3.05) is 6.54 Å². The maximum Gasteiger partial charge on any atom is 0.254 e. The third kappa shape index (κ3) is 2.28. The minimum atomic E-state index is 0.0643. The highest BCUT2D eigenvalue weighted by molar-refractivity contribution is 5.95. The molecule has 1 aromatic carbocycles. The summed E-state index contributed by atoms with van der Waals surface area (Å²) in [6.45, 7) is 0.803. The molecular weight excluding hydrogens is 274 g/mol. The van der Waals surface area contributed by atoms with Crippen LogP contribution in [0.3, 0.4) is 0 Å². The van der Waals surface area contributed by atoms with Crippen LogP contribution in [0.15, 0.2) is 36.8 Å². The van der Waals surface area contributed by atoms with Crippen molar-refractivity contribution in [1.29, 1.82) is 0 Å². The average molecular weight is 293 g/mol. The fourth-order valence-electron chi connectivity index (χ4n) is 3.67. The minimum absolute atomic E-state index is 0.0643. The van der Waals surface area contributed by atoms with Crippen LogP contribution in [0.25, 0.3) is 0 Å². The van der Waals surface area contributed by atoms with Crippen molar-refractivity contribution in [3.63, 3.8) is 0 Å². The van der Waals surface area contributed by atoms with Gasteiger partial charge in [0.05, 0.1) is 17.9 Å². The normalized spacial score (nSPS) is 20.2. The Kier molecular flexibility index (Phi) is 3.37. The van der Waals surface area contributed by atoms with Crippen molar-refractivity contribution in [3.05, 3.63) is 59.2 Å². The molecule has 22 heavy (non-hydrogen) atoms. The maximum atomic E-state index is 12.9. The van der Waals surface area contributed by atoms with E-state index < -0.39 is 0 Å². The van der Waals surface area contributed by atoms with Crippen molar-refractivity contribution in [3.8, 4) is 0 Å². The van der Waals surface area contributed by atoms with Crippen LogP contribution >= 0.6 is 0 Å². The molecule has 1 aliphatic carbocycles. The number of nitrogens with zero attached hydrogens (tertiary/aromatic N) is 3. The highest BCUT2D eigenvalue weighted by Gasteiger charge is 2.31. The molecule has 0 unspecified atom stereocenters. The number of carbonyl (C=O) groups excluding carboxylic acids is 1. The van der Waals surface area contributed by atoms with Gasteiger partial charge in [0.15, 0.2) is 0 Å². The zero-order chi connectivity index (χ0) is 14.9. The predicted octanol–water partition coefficient (Wildman–Crippen LogP) is 2.94. The van der Waals surface area contributed by atoms with Gasteiger partial charge in [-0.15, -0.1) is 0 Å². The van der Waals surface area contributed by atoms with Crippen molar-refractivity contribution >= 4 is 5.91 Å². The van der Waals surface area contributed by atoms with Gasteiger partial charge in [-0.25, -0.2) is 0 Å². The first-order chi connectivity index (χ1) is 10.8. The predicted molar refractivity (Wildman–Crippen MR) is 83.5 cm³/mol. The second-order valence-electron chi connectivity index (χ2n) is 6.12. The van der Waals surface area contributed by atoms with Crippen molar-refractivity contribution in [1.82, 2.24) is 14.9 Å². The Bertz CT molecular complexity index is 699. The highest BCUT2D eigenvalue weighted by atomic mass is 16.2. The summed E-state index contributed by atoms with van der Waals surface area (Å²) in [7, 11) is 0. The van der Waals surface area contributed by atoms with E-state index in [1.165, 1.54) is 17.5 Å². The second kappa shape index (κ2) is 5.52. The fourth-order valence-corrected chi connectivity index (χ4v) is 3.67. The Morgan fingerprint density at radius 1 is 1.14 bits per heavy atom. The van der Waals surface area contributed by atoms with E-state index in [4.69, 9.17) is 0 Å². The third-order valence-corrected chi connectivity index (χ3v) is 4.78. The summed E-state index contributed by atoms with van der Waals surface area (Å²) in [5, 5.41) is 0. The Morgan fingerprint density at radius 2 is 2.05 bits per heavy atom. The number of likely N-dealkylation sites (tertiary alicyclic amines) is 1. The van der Waals surface area contributed by atoms with Gasteiger partial charge in [0.1, 0.15) is 0 Å². The molecule has 4 nitrogen and oxygen atoms in total. The number of benzene rings is 1. The first-order valence-corrected chi connectivity index (χ1v) is 8.01. The molecular formula is C18H19N3O. The van der Waals surface area contributed by atoms with Gasteiger partial charge in [-0.2, -0.15) is 0 Å². The van der Waals surface area contributed by atoms with E-state index in [1.54, 1.807) is 18.6 Å². The SMILES string of the molecule is O=C(c1ccc2c(c1)CCC2)N1CCC[C@@H]1c1cnccn1. The molecule has 1 fully saturated rings. The van der Waals surface area contributed by atoms with Crippen LogP contribution in [0.1, 0.15) is 52.5 Å². The molecule has 1 aliphatic heterocycles. The number of hydrogen-bond acceptors (Lipinski definition) is 3. The van der Waals surface area contributed by atoms with E-state index in [1.807, 2.05) is 11.0 Å². The molecule has 1 aromatic heterocycles. The molecule has 0 bridgehead atoms. The number of aromatic nitrogens is 2. The summed E-state index contributed by atoms with van der Waals surface area (Å²) in [6, 6.07) is 6.27. The van der Waals surface area contributed by atoms with Crippen LogP contribution in [0.2, 0.25) is 0 Å². The summed E-state index contributed by atoms with van der Waals surface area (Å²) in [4.78, 5) is 23.4. The zero-order valence-electron chi connectivity index (χ0n) is 12.5. The van der Waals surface area contributed by atoms with E-state index in [9.17, 15) is 4.79 Å². The Labute approximate surface area is 130 Å². The molecule has 2 aliphatic rings. The molecule has 0 saturated carbocycles. The Balaban J connectivity index is 1.62. The molecule has 1 amide bonds. The standard InChI is InChI=1S/C18H19N3O/c22-18(15-7-6-13-3-1-4-14(13)11-15)21-10-2-5-17(21)16-12-19-8-9-20-16/h6-9,11-12,17H,1-5,10H2/t17-/m1/s1. The van der Waals surface area contributed by atoms with Crippen LogP contribution in [-0.4, -0.2) is 27.3 Å². The van der Waals surface area contributed by atoms with Gasteiger partial charge >= 0.3 is 0 Å². The topological polar surface area (TPSA) is 46.1 Å². The summed E-state index contributed by atoms with van der Waals surface area (Å²) < 4.78 is 0. The average Bonchev–Trinajstić information content (AvgIpc) is 3.23. The third-order valence-electron chi connectivity index (χ3n) is 4.78. The number of hydrogen-bond donors (Lipinski definition) is 0. The Morgan fingerprint density at radius 3 is 2.91 bits per heavy atom. The number of amides is 1. The van der Waals surface area contributed by atoms with Crippen LogP contribution in [0.4, 0.5) is 0 Å². The smallest absolute Gasteiger partial charge is 0.254 e. The fraction of sp³-hybridized carbons (Fsp3) is 0.389. The molecule has 2 heterocycles. The monoisotopic (exact) mass is 293 g/mol. The van der Waals surface area contributed by atoms with Gasteiger partial charge in [0, 0.05) is 24.5 Å². The van der Waals surface area contributed by atoms with Crippen LogP contribution < -0.4 is 0 Å².